The summed E-state index contributed by atoms with van der Waals surface area (Å²) in [6.07, 6.45) is 2.39. The zero-order valence-electron chi connectivity index (χ0n) is 23.3. The molecule has 0 amide bonds. The molecular weight excluding hydrogens is 505 g/mol. The lowest BCUT2D eigenvalue weighted by Gasteiger charge is -2.37. The van der Waals surface area contributed by atoms with Crippen molar-refractivity contribution in [3.63, 3.8) is 0 Å². The summed E-state index contributed by atoms with van der Waals surface area (Å²) in [6, 6.07) is 18.1. The zero-order chi connectivity index (χ0) is 27.8. The molecule has 2 aromatic heterocycles. The second-order valence-electron chi connectivity index (χ2n) is 11.3. The van der Waals surface area contributed by atoms with Crippen LogP contribution in [0, 0.1) is 18.7 Å². The molecule has 2 aliphatic heterocycles. The average molecular weight is 542 g/mol. The minimum atomic E-state index is -0.295. The highest BCUT2D eigenvalue weighted by Crippen LogP contribution is 2.39. The summed E-state index contributed by atoms with van der Waals surface area (Å²) in [5, 5.41) is 13.5. The molecule has 4 aromatic rings. The van der Waals surface area contributed by atoms with Crippen LogP contribution in [0.3, 0.4) is 0 Å². The van der Waals surface area contributed by atoms with E-state index >= 15 is 0 Å². The minimum absolute atomic E-state index is 0.200. The average Bonchev–Trinajstić information content (AvgIpc) is 3.33. The smallest absolute Gasteiger partial charge is 0.271 e. The van der Waals surface area contributed by atoms with Crippen molar-refractivity contribution in [2.45, 2.75) is 32.4 Å². The summed E-state index contributed by atoms with van der Waals surface area (Å²) >= 11 is 0. The number of benzene rings is 2. The maximum absolute atomic E-state index is 13.8. The van der Waals surface area contributed by atoms with Crippen molar-refractivity contribution < 1.29 is 4.39 Å². The summed E-state index contributed by atoms with van der Waals surface area (Å²) in [4.78, 5) is 17.8. The van der Waals surface area contributed by atoms with Crippen LogP contribution in [0.4, 0.5) is 10.2 Å². The van der Waals surface area contributed by atoms with E-state index in [1.54, 1.807) is 24.3 Å². The van der Waals surface area contributed by atoms with Crippen LogP contribution in [-0.4, -0.2) is 75.7 Å². The van der Waals surface area contributed by atoms with Gasteiger partial charge in [-0.25, -0.2) is 9.07 Å². The molecule has 2 aliphatic rings. The van der Waals surface area contributed by atoms with Crippen LogP contribution in [0.15, 0.2) is 65.5 Å². The van der Waals surface area contributed by atoms with Gasteiger partial charge in [0.2, 0.25) is 0 Å². The fraction of sp³-hybridized carbons (Fsp3) is 0.387. The molecule has 0 bridgehead atoms. The van der Waals surface area contributed by atoms with Gasteiger partial charge < -0.3 is 15.1 Å². The Labute approximate surface area is 234 Å². The van der Waals surface area contributed by atoms with E-state index in [9.17, 15) is 9.18 Å². The van der Waals surface area contributed by atoms with Crippen molar-refractivity contribution in [1.29, 1.82) is 0 Å². The third kappa shape index (κ3) is 5.19. The van der Waals surface area contributed by atoms with Crippen molar-refractivity contribution in [3.05, 3.63) is 82.4 Å². The molecular formula is C31H36FN7O. The second kappa shape index (κ2) is 11.0. The number of para-hydroxylation sites is 1. The van der Waals surface area contributed by atoms with Gasteiger partial charge in [0.05, 0.1) is 16.9 Å². The zero-order valence-corrected chi connectivity index (χ0v) is 23.3. The van der Waals surface area contributed by atoms with Crippen molar-refractivity contribution in [2.24, 2.45) is 5.92 Å². The molecule has 0 spiro atoms. The Morgan fingerprint density at radius 3 is 2.48 bits per heavy atom. The lowest BCUT2D eigenvalue weighted by molar-refractivity contribution is 0.126. The van der Waals surface area contributed by atoms with Gasteiger partial charge in [0.15, 0.2) is 0 Å². The van der Waals surface area contributed by atoms with Crippen molar-refractivity contribution >= 4 is 5.82 Å². The number of hydrogen-bond donors (Lipinski definition) is 1. The molecule has 208 valence electrons. The van der Waals surface area contributed by atoms with Crippen LogP contribution in [0.1, 0.15) is 18.4 Å². The predicted molar refractivity (Wildman–Crippen MR) is 156 cm³/mol. The summed E-state index contributed by atoms with van der Waals surface area (Å²) in [7, 11) is 4.34. The van der Waals surface area contributed by atoms with E-state index in [1.807, 2.05) is 35.9 Å². The summed E-state index contributed by atoms with van der Waals surface area (Å²) < 4.78 is 17.3. The molecule has 40 heavy (non-hydrogen) atoms. The van der Waals surface area contributed by atoms with Crippen LogP contribution in [0.5, 0.6) is 0 Å². The standard InChI is InChI=1S/C31H36FN7O/c1-21-6-4-5-7-27(21)39-28(40)13-12-26(34-39)29-30(23-8-10-24(32)11-9-23)35-38-20-22(18-33-31(29)38)19-37-16-14-25(15-17-37)36(2)3/h4-13,22,25,33H,14-20H2,1-3H3. The third-order valence-corrected chi connectivity index (χ3v) is 8.26. The van der Waals surface area contributed by atoms with Gasteiger partial charge in [0.1, 0.15) is 17.3 Å². The SMILES string of the molecule is Cc1ccccc1-n1nc(-c2c(-c3ccc(F)cc3)nn3c2NCC(CN2CCC(N(C)C)CC2)C3)ccc1=O. The van der Waals surface area contributed by atoms with E-state index in [4.69, 9.17) is 10.2 Å². The van der Waals surface area contributed by atoms with E-state index in [-0.39, 0.29) is 11.4 Å². The van der Waals surface area contributed by atoms with Crippen LogP contribution in [-0.2, 0) is 6.54 Å². The molecule has 0 radical (unpaired) electrons. The fourth-order valence-electron chi connectivity index (χ4n) is 6.00. The first-order chi connectivity index (χ1) is 19.4. The molecule has 8 nitrogen and oxygen atoms in total. The van der Waals surface area contributed by atoms with E-state index in [1.165, 1.54) is 29.7 Å². The maximum Gasteiger partial charge on any atom is 0.271 e. The Morgan fingerprint density at radius 2 is 1.75 bits per heavy atom. The van der Waals surface area contributed by atoms with Gasteiger partial charge in [-0.05, 0) is 88.9 Å². The van der Waals surface area contributed by atoms with Crippen LogP contribution in [0.2, 0.25) is 0 Å². The molecule has 2 aromatic carbocycles. The molecule has 9 heteroatoms. The Hall–Kier alpha value is -3.82. The number of fused-ring (bicyclic) bond motifs is 1. The molecule has 6 rings (SSSR count). The highest BCUT2D eigenvalue weighted by Gasteiger charge is 2.30. The van der Waals surface area contributed by atoms with Gasteiger partial charge in [-0.1, -0.05) is 18.2 Å². The number of aromatic nitrogens is 4. The predicted octanol–water partition coefficient (Wildman–Crippen LogP) is 4.28. The van der Waals surface area contributed by atoms with E-state index in [0.717, 1.165) is 66.6 Å². The van der Waals surface area contributed by atoms with E-state index < -0.39 is 0 Å². The summed E-state index contributed by atoms with van der Waals surface area (Å²) in [6.45, 7) is 6.81. The summed E-state index contributed by atoms with van der Waals surface area (Å²) in [5.41, 5.74) is 4.48. The second-order valence-corrected chi connectivity index (χ2v) is 11.3. The number of nitrogens with zero attached hydrogens (tertiary/aromatic N) is 6. The van der Waals surface area contributed by atoms with Gasteiger partial charge in [-0.2, -0.15) is 14.9 Å². The van der Waals surface area contributed by atoms with Crippen molar-refractivity contribution in [2.75, 3.05) is 45.6 Å². The number of halogens is 1. The third-order valence-electron chi connectivity index (χ3n) is 8.26. The molecule has 1 saturated heterocycles. The highest BCUT2D eigenvalue weighted by atomic mass is 19.1. The van der Waals surface area contributed by atoms with Crippen LogP contribution in [0.25, 0.3) is 28.2 Å². The first kappa shape index (κ1) is 26.4. The number of aryl methyl sites for hydroxylation is 1. The number of hydrogen-bond acceptors (Lipinski definition) is 6. The van der Waals surface area contributed by atoms with Crippen molar-refractivity contribution in [1.82, 2.24) is 29.4 Å². The normalized spacial score (nSPS) is 18.1. The first-order valence-electron chi connectivity index (χ1n) is 14.0. The molecule has 1 unspecified atom stereocenters. The van der Waals surface area contributed by atoms with Gasteiger partial charge in [0, 0.05) is 43.2 Å². The van der Waals surface area contributed by atoms with E-state index in [2.05, 4.69) is 29.2 Å². The Morgan fingerprint density at radius 1 is 1.00 bits per heavy atom. The number of anilines is 1. The molecule has 1 atom stereocenters. The monoisotopic (exact) mass is 541 g/mol. The number of nitrogens with one attached hydrogen (secondary N) is 1. The molecule has 1 N–H and O–H groups in total. The Bertz CT molecular complexity index is 1550. The maximum atomic E-state index is 13.8. The molecule has 1 fully saturated rings. The van der Waals surface area contributed by atoms with Gasteiger partial charge in [-0.3, -0.25) is 4.79 Å². The van der Waals surface area contributed by atoms with E-state index in [0.29, 0.717) is 17.7 Å². The topological polar surface area (TPSA) is 71.2 Å². The lowest BCUT2D eigenvalue weighted by atomic mass is 10.0. The largest absolute Gasteiger partial charge is 0.369 e. The number of rotatable bonds is 6. The number of likely N-dealkylation sites (tertiary alicyclic amines) is 1. The lowest BCUT2D eigenvalue weighted by Crippen LogP contribution is -2.45. The minimum Gasteiger partial charge on any atom is -0.369 e. The number of piperidine rings is 1. The molecule has 4 heterocycles. The van der Waals surface area contributed by atoms with Gasteiger partial charge >= 0.3 is 0 Å². The fourth-order valence-corrected chi connectivity index (χ4v) is 6.00. The molecule has 0 saturated carbocycles. The molecule has 0 aliphatic carbocycles. The van der Waals surface area contributed by atoms with Gasteiger partial charge in [-0.15, -0.1) is 0 Å². The highest BCUT2D eigenvalue weighted by molar-refractivity contribution is 5.87. The van der Waals surface area contributed by atoms with Gasteiger partial charge in [0.25, 0.3) is 5.56 Å². The van der Waals surface area contributed by atoms with Crippen molar-refractivity contribution in [3.8, 4) is 28.2 Å². The first-order valence-corrected chi connectivity index (χ1v) is 14.0. The quantitative estimate of drug-likeness (QED) is 0.393. The Balaban J connectivity index is 1.35. The summed E-state index contributed by atoms with van der Waals surface area (Å²) in [5.74, 6) is 0.993. The van der Waals surface area contributed by atoms with Crippen LogP contribution >= 0.6 is 0 Å². The van der Waals surface area contributed by atoms with Crippen LogP contribution < -0.4 is 10.9 Å². The Kier molecular flexibility index (Phi) is 7.25.